The zero-order valence-corrected chi connectivity index (χ0v) is 19.5. The molecule has 4 heteroatoms. The Balaban J connectivity index is 3.14. The third-order valence-corrected chi connectivity index (χ3v) is 5.50. The van der Waals surface area contributed by atoms with Crippen molar-refractivity contribution in [3.05, 3.63) is 0 Å². The molecule has 0 saturated heterocycles. The highest BCUT2D eigenvalue weighted by Gasteiger charge is 2.05. The van der Waals surface area contributed by atoms with Gasteiger partial charge < -0.3 is 9.47 Å². The first-order chi connectivity index (χ1) is 14.2. The number of hydrogen-bond donors (Lipinski definition) is 0. The Hall–Kier alpha value is -1.06. The van der Waals surface area contributed by atoms with Crippen LogP contribution in [-0.2, 0) is 19.1 Å². The van der Waals surface area contributed by atoms with E-state index in [4.69, 9.17) is 4.74 Å². The van der Waals surface area contributed by atoms with E-state index in [-0.39, 0.29) is 11.9 Å². The van der Waals surface area contributed by atoms with Crippen LogP contribution in [0.15, 0.2) is 0 Å². The van der Waals surface area contributed by atoms with Crippen molar-refractivity contribution >= 4 is 11.9 Å². The van der Waals surface area contributed by atoms with E-state index in [1.165, 1.54) is 97.0 Å². The number of ether oxygens (including phenoxy) is 2. The molecule has 172 valence electrons. The van der Waals surface area contributed by atoms with Gasteiger partial charge in [-0.15, -0.1) is 0 Å². The van der Waals surface area contributed by atoms with E-state index in [0.29, 0.717) is 32.3 Å². The van der Waals surface area contributed by atoms with Gasteiger partial charge in [0.1, 0.15) is 0 Å². The Labute approximate surface area is 180 Å². The van der Waals surface area contributed by atoms with E-state index in [1.54, 1.807) is 0 Å². The maximum absolute atomic E-state index is 11.6. The number of methoxy groups -OCH3 is 1. The number of unbranched alkanes of at least 4 members (excludes halogenated alkanes) is 16. The summed E-state index contributed by atoms with van der Waals surface area (Å²) in [6.45, 7) is 2.81. The van der Waals surface area contributed by atoms with Gasteiger partial charge in [0.2, 0.25) is 0 Å². The van der Waals surface area contributed by atoms with Gasteiger partial charge in [0.25, 0.3) is 0 Å². The van der Waals surface area contributed by atoms with E-state index >= 15 is 0 Å². The van der Waals surface area contributed by atoms with E-state index in [1.807, 2.05) is 0 Å². The molecule has 0 aromatic heterocycles. The quantitative estimate of drug-likeness (QED) is 0.136. The number of rotatable bonds is 22. The summed E-state index contributed by atoms with van der Waals surface area (Å²) in [5.74, 6) is -0.359. The smallest absolute Gasteiger partial charge is 0.305 e. The van der Waals surface area contributed by atoms with Crippen LogP contribution < -0.4 is 0 Å². The molecule has 4 nitrogen and oxygen atoms in total. The highest BCUT2D eigenvalue weighted by molar-refractivity contribution is 5.70. The fraction of sp³-hybridized carbons (Fsp3) is 0.920. The normalized spacial score (nSPS) is 10.8. The Bertz CT molecular complexity index is 368. The summed E-state index contributed by atoms with van der Waals surface area (Å²) in [5, 5.41) is 0. The fourth-order valence-electron chi connectivity index (χ4n) is 3.55. The van der Waals surface area contributed by atoms with Gasteiger partial charge in [-0.1, -0.05) is 103 Å². The summed E-state index contributed by atoms with van der Waals surface area (Å²) in [6, 6.07) is 0. The molecule has 0 unspecified atom stereocenters. The summed E-state index contributed by atoms with van der Waals surface area (Å²) in [7, 11) is 1.38. The highest BCUT2D eigenvalue weighted by Crippen LogP contribution is 2.13. The van der Waals surface area contributed by atoms with Crippen molar-refractivity contribution < 1.29 is 19.1 Å². The SMILES string of the molecule is CCCCCCCCCCCCCCCCCCOC(=O)CCCCC(=O)OC. The standard InChI is InChI=1S/C25H48O4/c1-3-4-5-6-7-8-9-10-11-12-13-14-15-16-17-20-23-29-25(27)22-19-18-21-24(26)28-2/h3-23H2,1-2H3. The van der Waals surface area contributed by atoms with Gasteiger partial charge in [0.15, 0.2) is 0 Å². The van der Waals surface area contributed by atoms with Crippen molar-refractivity contribution in [2.75, 3.05) is 13.7 Å². The first-order valence-corrected chi connectivity index (χ1v) is 12.4. The van der Waals surface area contributed by atoms with Crippen LogP contribution in [0.1, 0.15) is 135 Å². The second-order valence-electron chi connectivity index (χ2n) is 8.31. The van der Waals surface area contributed by atoms with Gasteiger partial charge in [0, 0.05) is 12.8 Å². The first kappa shape index (κ1) is 27.9. The van der Waals surface area contributed by atoms with Crippen molar-refractivity contribution in [1.29, 1.82) is 0 Å². The number of carbonyl (C=O) groups is 2. The largest absolute Gasteiger partial charge is 0.469 e. The molecule has 0 fully saturated rings. The van der Waals surface area contributed by atoms with Gasteiger partial charge in [-0.2, -0.15) is 0 Å². The summed E-state index contributed by atoms with van der Waals surface area (Å²) in [6.07, 6.45) is 23.6. The highest BCUT2D eigenvalue weighted by atomic mass is 16.5. The van der Waals surface area contributed by atoms with Gasteiger partial charge in [-0.3, -0.25) is 9.59 Å². The molecule has 29 heavy (non-hydrogen) atoms. The molecule has 0 heterocycles. The van der Waals surface area contributed by atoms with Crippen LogP contribution in [-0.4, -0.2) is 25.7 Å². The molecule has 0 spiro atoms. The van der Waals surface area contributed by atoms with Gasteiger partial charge in [0.05, 0.1) is 13.7 Å². The lowest BCUT2D eigenvalue weighted by atomic mass is 10.0. The third kappa shape index (κ3) is 23.1. The Kier molecular flexibility index (Phi) is 22.4. The predicted molar refractivity (Wildman–Crippen MR) is 121 cm³/mol. The molecule has 0 aliphatic carbocycles. The van der Waals surface area contributed by atoms with Crippen molar-refractivity contribution in [2.45, 2.75) is 135 Å². The fourth-order valence-corrected chi connectivity index (χ4v) is 3.55. The number of esters is 2. The van der Waals surface area contributed by atoms with Crippen LogP contribution in [0.25, 0.3) is 0 Å². The summed E-state index contributed by atoms with van der Waals surface area (Å²) in [5.41, 5.74) is 0. The maximum Gasteiger partial charge on any atom is 0.305 e. The first-order valence-electron chi connectivity index (χ1n) is 12.4. The van der Waals surface area contributed by atoms with Crippen LogP contribution in [0.4, 0.5) is 0 Å². The molecule has 0 atom stereocenters. The Morgan fingerprint density at radius 3 is 1.31 bits per heavy atom. The van der Waals surface area contributed by atoms with Crippen LogP contribution in [0, 0.1) is 0 Å². The van der Waals surface area contributed by atoms with Crippen molar-refractivity contribution in [3.63, 3.8) is 0 Å². The minimum Gasteiger partial charge on any atom is -0.469 e. The van der Waals surface area contributed by atoms with Crippen LogP contribution in [0.3, 0.4) is 0 Å². The number of hydrogen-bond acceptors (Lipinski definition) is 4. The molecule has 0 radical (unpaired) electrons. The summed E-state index contributed by atoms with van der Waals surface area (Å²) >= 11 is 0. The van der Waals surface area contributed by atoms with Gasteiger partial charge >= 0.3 is 11.9 Å². The zero-order valence-electron chi connectivity index (χ0n) is 19.5. The maximum atomic E-state index is 11.6. The Morgan fingerprint density at radius 1 is 0.517 bits per heavy atom. The summed E-state index contributed by atoms with van der Waals surface area (Å²) < 4.78 is 9.81. The van der Waals surface area contributed by atoms with Crippen molar-refractivity contribution in [2.24, 2.45) is 0 Å². The lowest BCUT2D eigenvalue weighted by Gasteiger charge is -2.05. The molecule has 0 amide bonds. The van der Waals surface area contributed by atoms with E-state index in [0.717, 1.165) is 12.8 Å². The van der Waals surface area contributed by atoms with Crippen LogP contribution in [0.5, 0.6) is 0 Å². The van der Waals surface area contributed by atoms with Crippen molar-refractivity contribution in [3.8, 4) is 0 Å². The number of carbonyl (C=O) groups excluding carboxylic acids is 2. The van der Waals surface area contributed by atoms with E-state index < -0.39 is 0 Å². The summed E-state index contributed by atoms with van der Waals surface area (Å²) in [4.78, 5) is 22.5. The van der Waals surface area contributed by atoms with E-state index in [9.17, 15) is 9.59 Å². The second kappa shape index (κ2) is 23.2. The molecular weight excluding hydrogens is 364 g/mol. The minimum absolute atomic E-state index is 0.143. The lowest BCUT2D eigenvalue weighted by molar-refractivity contribution is -0.145. The molecule has 0 rings (SSSR count). The van der Waals surface area contributed by atoms with Gasteiger partial charge in [-0.05, 0) is 19.3 Å². The molecule has 0 aromatic rings. The van der Waals surface area contributed by atoms with Crippen LogP contribution >= 0.6 is 0 Å². The molecule has 0 aromatic carbocycles. The average Bonchev–Trinajstić information content (AvgIpc) is 2.73. The molecule has 0 aliphatic heterocycles. The molecule has 0 bridgehead atoms. The molecule has 0 aliphatic rings. The average molecular weight is 413 g/mol. The molecule has 0 N–H and O–H groups in total. The second-order valence-corrected chi connectivity index (χ2v) is 8.31. The Morgan fingerprint density at radius 2 is 0.897 bits per heavy atom. The molecule has 0 saturated carbocycles. The zero-order chi connectivity index (χ0) is 21.4. The monoisotopic (exact) mass is 412 g/mol. The van der Waals surface area contributed by atoms with Crippen molar-refractivity contribution in [1.82, 2.24) is 0 Å². The molecular formula is C25H48O4. The van der Waals surface area contributed by atoms with E-state index in [2.05, 4.69) is 11.7 Å². The van der Waals surface area contributed by atoms with Gasteiger partial charge in [-0.25, -0.2) is 0 Å². The third-order valence-electron chi connectivity index (χ3n) is 5.50. The lowest BCUT2D eigenvalue weighted by Crippen LogP contribution is -2.06. The van der Waals surface area contributed by atoms with Crippen LogP contribution in [0.2, 0.25) is 0 Å². The minimum atomic E-state index is -0.216. The predicted octanol–water partition coefficient (Wildman–Crippen LogP) is 7.52. The topological polar surface area (TPSA) is 52.6 Å².